The molecule has 0 amide bonds. The van der Waals surface area contributed by atoms with Crippen LogP contribution < -0.4 is 5.73 Å². The highest BCUT2D eigenvalue weighted by Crippen LogP contribution is 2.38. The Bertz CT molecular complexity index is 678. The second-order valence-corrected chi connectivity index (χ2v) is 4.50. The summed E-state index contributed by atoms with van der Waals surface area (Å²) in [7, 11) is 0. The van der Waals surface area contributed by atoms with Crippen LogP contribution in [-0.4, -0.2) is 10.1 Å². The molecule has 90 valence electrons. The fourth-order valence-electron chi connectivity index (χ4n) is 1.72. The summed E-state index contributed by atoms with van der Waals surface area (Å²) in [5.74, 6) is 0.252. The molecule has 2 N–H and O–H groups in total. The molecule has 0 radical (unpaired) electrons. The van der Waals surface area contributed by atoms with Gasteiger partial charge in [-0.1, -0.05) is 23.4 Å². The molecule has 0 aliphatic carbocycles. The smallest absolute Gasteiger partial charge is 0.188 e. The highest BCUT2D eigenvalue weighted by Gasteiger charge is 2.20. The van der Waals surface area contributed by atoms with Crippen LogP contribution in [0.1, 0.15) is 0 Å². The van der Waals surface area contributed by atoms with E-state index in [2.05, 4.69) is 10.1 Å². The Hall–Kier alpha value is -2.21. The summed E-state index contributed by atoms with van der Waals surface area (Å²) in [4.78, 5) is 4.72. The van der Waals surface area contributed by atoms with Gasteiger partial charge in [-0.25, -0.2) is 4.39 Å². The van der Waals surface area contributed by atoms with Crippen molar-refractivity contribution in [2.45, 2.75) is 0 Å². The van der Waals surface area contributed by atoms with Gasteiger partial charge in [0.25, 0.3) is 0 Å². The fourth-order valence-corrected chi connectivity index (χ4v) is 2.33. The molecule has 0 fully saturated rings. The van der Waals surface area contributed by atoms with Gasteiger partial charge in [-0.2, -0.15) is 0 Å². The van der Waals surface area contributed by atoms with E-state index in [0.29, 0.717) is 16.9 Å². The van der Waals surface area contributed by atoms with E-state index in [1.54, 1.807) is 29.9 Å². The molecule has 1 aromatic carbocycles. The summed E-state index contributed by atoms with van der Waals surface area (Å²) in [5, 5.41) is 3.71. The minimum atomic E-state index is -0.363. The fraction of sp³-hybridized carbons (Fsp3) is 0. The third-order valence-electron chi connectivity index (χ3n) is 2.52. The molecule has 0 unspecified atom stereocenters. The van der Waals surface area contributed by atoms with Gasteiger partial charge < -0.3 is 10.3 Å². The molecule has 3 aromatic rings. The van der Waals surface area contributed by atoms with Crippen molar-refractivity contribution in [1.82, 2.24) is 10.1 Å². The van der Waals surface area contributed by atoms with Crippen molar-refractivity contribution in [3.05, 3.63) is 41.8 Å². The monoisotopic (exact) mass is 261 g/mol. The van der Waals surface area contributed by atoms with Crippen molar-refractivity contribution in [3.8, 4) is 21.8 Å². The lowest BCUT2D eigenvalue weighted by Crippen LogP contribution is -1.90. The van der Waals surface area contributed by atoms with E-state index in [4.69, 9.17) is 10.3 Å². The number of nitrogen functional groups attached to an aromatic ring is 1. The first-order valence-corrected chi connectivity index (χ1v) is 6.04. The topological polar surface area (TPSA) is 64.9 Å². The van der Waals surface area contributed by atoms with Crippen LogP contribution in [0.25, 0.3) is 21.8 Å². The van der Waals surface area contributed by atoms with Crippen molar-refractivity contribution >= 4 is 17.2 Å². The van der Waals surface area contributed by atoms with Gasteiger partial charge in [-0.15, -0.1) is 11.3 Å². The predicted molar refractivity (Wildman–Crippen MR) is 67.4 cm³/mol. The van der Waals surface area contributed by atoms with Crippen LogP contribution in [0.5, 0.6) is 0 Å². The first-order valence-electron chi connectivity index (χ1n) is 5.16. The highest BCUT2D eigenvalue weighted by molar-refractivity contribution is 7.13. The summed E-state index contributed by atoms with van der Waals surface area (Å²) >= 11 is 1.38. The average molecular weight is 261 g/mol. The molecule has 18 heavy (non-hydrogen) atoms. The number of rotatable bonds is 2. The largest absolute Gasteiger partial charge is 0.380 e. The Morgan fingerprint density at radius 3 is 2.83 bits per heavy atom. The summed E-state index contributed by atoms with van der Waals surface area (Å²) in [6, 6.07) is 6.37. The van der Waals surface area contributed by atoms with Gasteiger partial charge in [0.05, 0.1) is 16.0 Å². The first kappa shape index (κ1) is 10.9. The lowest BCUT2D eigenvalue weighted by molar-refractivity contribution is 0.437. The lowest BCUT2D eigenvalue weighted by atomic mass is 10.0. The minimum Gasteiger partial charge on any atom is -0.380 e. The molecule has 0 saturated heterocycles. The van der Waals surface area contributed by atoms with Crippen LogP contribution in [0.4, 0.5) is 10.2 Å². The summed E-state index contributed by atoms with van der Waals surface area (Å²) in [6.07, 6.45) is 1.63. The van der Waals surface area contributed by atoms with Crippen LogP contribution in [0.15, 0.2) is 40.5 Å². The van der Waals surface area contributed by atoms with Gasteiger partial charge in [0, 0.05) is 11.8 Å². The van der Waals surface area contributed by atoms with Crippen LogP contribution in [0, 0.1) is 5.82 Å². The third-order valence-corrected chi connectivity index (χ3v) is 3.29. The maximum atomic E-state index is 13.8. The van der Waals surface area contributed by atoms with Crippen molar-refractivity contribution in [2.75, 3.05) is 5.73 Å². The van der Waals surface area contributed by atoms with Crippen LogP contribution >= 0.6 is 11.3 Å². The molecule has 0 aliphatic rings. The van der Waals surface area contributed by atoms with Crippen LogP contribution in [0.3, 0.4) is 0 Å². The van der Waals surface area contributed by atoms with E-state index in [9.17, 15) is 4.39 Å². The third kappa shape index (κ3) is 1.67. The van der Waals surface area contributed by atoms with Crippen molar-refractivity contribution < 1.29 is 8.91 Å². The molecule has 0 saturated carbocycles. The molecule has 0 atom stereocenters. The number of hydrogen-bond acceptors (Lipinski definition) is 5. The number of nitrogens with two attached hydrogens (primary N) is 1. The van der Waals surface area contributed by atoms with Gasteiger partial charge in [0.15, 0.2) is 11.6 Å². The molecular formula is C12H8FN3OS. The first-order chi connectivity index (χ1) is 8.77. The van der Waals surface area contributed by atoms with E-state index < -0.39 is 0 Å². The number of aromatic nitrogens is 2. The second-order valence-electron chi connectivity index (χ2n) is 3.62. The Kier molecular flexibility index (Phi) is 2.56. The van der Waals surface area contributed by atoms with Gasteiger partial charge >= 0.3 is 0 Å². The van der Waals surface area contributed by atoms with Crippen LogP contribution in [-0.2, 0) is 0 Å². The molecule has 2 aromatic heterocycles. The number of nitrogens with zero attached hydrogens (tertiary/aromatic N) is 2. The van der Waals surface area contributed by atoms with E-state index in [0.717, 1.165) is 4.88 Å². The standard InChI is InChI=1S/C12H8FN3OS/c13-8-4-2-1-3-7(8)10-11(17-16-12(10)14)9-5-15-6-18-9/h1-6H,(H2,14,16). The Labute approximate surface area is 106 Å². The highest BCUT2D eigenvalue weighted by atomic mass is 32.1. The van der Waals surface area contributed by atoms with Crippen molar-refractivity contribution in [1.29, 1.82) is 0 Å². The van der Waals surface area contributed by atoms with Crippen LogP contribution in [0.2, 0.25) is 0 Å². The van der Waals surface area contributed by atoms with Gasteiger partial charge in [0.2, 0.25) is 0 Å². The summed E-state index contributed by atoms with van der Waals surface area (Å²) in [5.41, 5.74) is 8.27. The van der Waals surface area contributed by atoms with Crippen molar-refractivity contribution in [3.63, 3.8) is 0 Å². The number of hydrogen-bond donors (Lipinski definition) is 1. The molecule has 2 heterocycles. The molecular weight excluding hydrogens is 253 g/mol. The molecule has 0 aliphatic heterocycles. The molecule has 4 nitrogen and oxygen atoms in total. The van der Waals surface area contributed by atoms with E-state index in [-0.39, 0.29) is 11.6 Å². The zero-order valence-corrected chi connectivity index (χ0v) is 9.95. The zero-order chi connectivity index (χ0) is 12.5. The number of anilines is 1. The summed E-state index contributed by atoms with van der Waals surface area (Å²) < 4.78 is 19.0. The van der Waals surface area contributed by atoms with E-state index >= 15 is 0 Å². The lowest BCUT2D eigenvalue weighted by Gasteiger charge is -2.02. The molecule has 0 bridgehead atoms. The molecule has 0 spiro atoms. The number of benzene rings is 1. The molecule has 3 rings (SSSR count). The Morgan fingerprint density at radius 2 is 2.11 bits per heavy atom. The average Bonchev–Trinajstić information content (AvgIpc) is 2.99. The van der Waals surface area contributed by atoms with E-state index in [1.807, 2.05) is 0 Å². The van der Waals surface area contributed by atoms with E-state index in [1.165, 1.54) is 17.4 Å². The Morgan fingerprint density at radius 1 is 1.28 bits per heavy atom. The second kappa shape index (κ2) is 4.23. The predicted octanol–water partition coefficient (Wildman–Crippen LogP) is 3.19. The normalized spacial score (nSPS) is 10.7. The van der Waals surface area contributed by atoms with Gasteiger partial charge in [-0.3, -0.25) is 4.98 Å². The maximum Gasteiger partial charge on any atom is 0.188 e. The zero-order valence-electron chi connectivity index (χ0n) is 9.13. The summed E-state index contributed by atoms with van der Waals surface area (Å²) in [6.45, 7) is 0. The quantitative estimate of drug-likeness (QED) is 0.769. The van der Waals surface area contributed by atoms with Crippen molar-refractivity contribution in [2.24, 2.45) is 0 Å². The maximum absolute atomic E-state index is 13.8. The minimum absolute atomic E-state index is 0.170. The molecule has 6 heteroatoms. The Balaban J connectivity index is 2.24. The van der Waals surface area contributed by atoms with Gasteiger partial charge in [0.1, 0.15) is 5.82 Å². The number of halogens is 1. The number of thiazole rings is 1. The SMILES string of the molecule is Nc1noc(-c2cncs2)c1-c1ccccc1F. The van der Waals surface area contributed by atoms with Gasteiger partial charge in [-0.05, 0) is 6.07 Å².